The summed E-state index contributed by atoms with van der Waals surface area (Å²) < 4.78 is 0. The van der Waals surface area contributed by atoms with Gasteiger partial charge in [-0.15, -0.1) is 0 Å². The van der Waals surface area contributed by atoms with E-state index in [1.165, 1.54) is 0 Å². The van der Waals surface area contributed by atoms with Gasteiger partial charge in [-0.05, 0) is 31.6 Å². The van der Waals surface area contributed by atoms with Crippen LogP contribution in [0.3, 0.4) is 0 Å². The molecule has 0 aromatic heterocycles. The Hall–Kier alpha value is -2.49. The van der Waals surface area contributed by atoms with Gasteiger partial charge in [-0.1, -0.05) is 20.3 Å². The number of amides is 4. The summed E-state index contributed by atoms with van der Waals surface area (Å²) in [5.74, 6) is -4.29. The van der Waals surface area contributed by atoms with E-state index in [2.05, 4.69) is 16.0 Å². The maximum Gasteiger partial charge on any atom is 0.309 e. The van der Waals surface area contributed by atoms with E-state index in [0.29, 0.717) is 13.0 Å². The van der Waals surface area contributed by atoms with Crippen LogP contribution in [0.4, 0.5) is 0 Å². The van der Waals surface area contributed by atoms with E-state index in [9.17, 15) is 29.1 Å². The Morgan fingerprint density at radius 3 is 2.43 bits per heavy atom. The van der Waals surface area contributed by atoms with Crippen molar-refractivity contribution >= 4 is 29.4 Å². The Balaban J connectivity index is 2.89. The number of nitrogens with two attached hydrogens (primary N) is 1. The number of aliphatic hydroxyl groups excluding tert-OH is 1. The van der Waals surface area contributed by atoms with E-state index >= 15 is 0 Å². The second-order valence-electron chi connectivity index (χ2n) is 7.42. The summed E-state index contributed by atoms with van der Waals surface area (Å²) >= 11 is 0. The number of hydrogen-bond acceptors (Lipinski definition) is 6. The van der Waals surface area contributed by atoms with Gasteiger partial charge in [-0.2, -0.15) is 0 Å². The molecular formula is C18H30N4O6. The van der Waals surface area contributed by atoms with E-state index in [0.717, 1.165) is 12.8 Å². The van der Waals surface area contributed by atoms with Crippen molar-refractivity contribution in [3.8, 4) is 0 Å². The summed E-state index contributed by atoms with van der Waals surface area (Å²) in [6, 6.07) is -2.15. The lowest BCUT2D eigenvalue weighted by molar-refractivity contribution is -0.139. The monoisotopic (exact) mass is 398 g/mol. The summed E-state index contributed by atoms with van der Waals surface area (Å²) in [4.78, 5) is 59.5. The normalized spacial score (nSPS) is 19.1. The average Bonchev–Trinajstić information content (AvgIpc) is 2.83. The summed E-state index contributed by atoms with van der Waals surface area (Å²) in [6.07, 6.45) is 2.49. The number of hydrogen-bond donors (Lipinski definition) is 5. The molecule has 1 aliphatic heterocycles. The van der Waals surface area contributed by atoms with Gasteiger partial charge in [0.25, 0.3) is 0 Å². The number of Topliss-reactive ketones (excluding diaryl/α,β-unsaturated/α-hetero) is 1. The van der Waals surface area contributed by atoms with Crippen molar-refractivity contribution in [2.24, 2.45) is 17.6 Å². The Labute approximate surface area is 164 Å². The van der Waals surface area contributed by atoms with Crippen LogP contribution in [0.2, 0.25) is 0 Å². The average molecular weight is 398 g/mol. The number of primary amides is 1. The fourth-order valence-corrected chi connectivity index (χ4v) is 3.10. The van der Waals surface area contributed by atoms with Gasteiger partial charge >= 0.3 is 11.8 Å². The third-order valence-electron chi connectivity index (χ3n) is 4.58. The quantitative estimate of drug-likeness (QED) is 0.292. The highest BCUT2D eigenvalue weighted by Crippen LogP contribution is 2.19. The largest absolute Gasteiger partial charge is 0.389 e. The number of aliphatic hydroxyl groups is 1. The van der Waals surface area contributed by atoms with Crippen LogP contribution in [0.15, 0.2) is 0 Å². The molecule has 1 rings (SSSR count). The van der Waals surface area contributed by atoms with Crippen molar-refractivity contribution in [1.82, 2.24) is 16.0 Å². The summed E-state index contributed by atoms with van der Waals surface area (Å²) in [6.45, 7) is 3.42. The SMILES string of the molecule is CC(C)C[C@H](NC(=O)C(N)=O)C(=O)N[C@@H](C[C@@H]1CCCCNC1=O)C(=O)CO. The molecule has 0 unspecified atom stereocenters. The van der Waals surface area contributed by atoms with Crippen molar-refractivity contribution in [2.45, 2.75) is 58.0 Å². The molecule has 0 radical (unpaired) electrons. The highest BCUT2D eigenvalue weighted by atomic mass is 16.3. The number of nitrogens with one attached hydrogen (secondary N) is 3. The van der Waals surface area contributed by atoms with Crippen molar-refractivity contribution in [3.05, 3.63) is 0 Å². The van der Waals surface area contributed by atoms with Crippen molar-refractivity contribution in [1.29, 1.82) is 0 Å². The summed E-state index contributed by atoms with van der Waals surface area (Å²) in [5, 5.41) is 16.8. The smallest absolute Gasteiger partial charge is 0.309 e. The van der Waals surface area contributed by atoms with E-state index < -0.39 is 48.1 Å². The lowest BCUT2D eigenvalue weighted by Crippen LogP contribution is -2.54. The molecule has 10 nitrogen and oxygen atoms in total. The highest BCUT2D eigenvalue weighted by Gasteiger charge is 2.31. The molecule has 0 saturated carbocycles. The number of carbonyl (C=O) groups excluding carboxylic acids is 5. The molecule has 3 atom stereocenters. The molecule has 6 N–H and O–H groups in total. The molecule has 4 amide bonds. The Morgan fingerprint density at radius 2 is 1.86 bits per heavy atom. The van der Waals surface area contributed by atoms with Crippen LogP contribution >= 0.6 is 0 Å². The molecule has 0 aliphatic carbocycles. The number of rotatable bonds is 9. The van der Waals surface area contributed by atoms with Gasteiger partial charge in [-0.25, -0.2) is 0 Å². The standard InChI is InChI=1S/C18H30N4O6/c1-10(2)7-13(22-18(28)15(19)25)17(27)21-12(14(24)9-23)8-11-5-3-4-6-20-16(11)26/h10-13,23H,3-9H2,1-2H3,(H2,19,25)(H,20,26)(H,21,27)(H,22,28)/t11-,12-,13-/m0/s1. The van der Waals surface area contributed by atoms with Crippen LogP contribution in [0.1, 0.15) is 46.0 Å². The second-order valence-corrected chi connectivity index (χ2v) is 7.42. The fourth-order valence-electron chi connectivity index (χ4n) is 3.10. The zero-order chi connectivity index (χ0) is 21.3. The molecule has 0 spiro atoms. The van der Waals surface area contributed by atoms with E-state index in [1.54, 1.807) is 0 Å². The van der Waals surface area contributed by atoms with E-state index in [1.807, 2.05) is 13.8 Å². The topological polar surface area (TPSA) is 168 Å². The van der Waals surface area contributed by atoms with Gasteiger partial charge in [0.05, 0.1) is 6.04 Å². The first-order valence-corrected chi connectivity index (χ1v) is 9.47. The predicted molar refractivity (Wildman–Crippen MR) is 99.6 cm³/mol. The number of ketones is 1. The van der Waals surface area contributed by atoms with Crippen LogP contribution in [0.25, 0.3) is 0 Å². The first-order valence-electron chi connectivity index (χ1n) is 9.47. The van der Waals surface area contributed by atoms with Gasteiger partial charge in [0, 0.05) is 12.5 Å². The van der Waals surface area contributed by atoms with Crippen LogP contribution in [-0.2, 0) is 24.0 Å². The predicted octanol–water partition coefficient (Wildman–Crippen LogP) is -1.64. The lowest BCUT2D eigenvalue weighted by atomic mass is 9.92. The van der Waals surface area contributed by atoms with Crippen molar-refractivity contribution in [3.63, 3.8) is 0 Å². The van der Waals surface area contributed by atoms with E-state index in [4.69, 9.17) is 5.73 Å². The molecule has 1 fully saturated rings. The van der Waals surface area contributed by atoms with Crippen molar-refractivity contribution in [2.75, 3.05) is 13.2 Å². The minimum absolute atomic E-state index is 0.00329. The summed E-state index contributed by atoms with van der Waals surface area (Å²) in [5.41, 5.74) is 4.93. The van der Waals surface area contributed by atoms with Gasteiger partial charge in [0.1, 0.15) is 12.6 Å². The van der Waals surface area contributed by atoms with Gasteiger partial charge in [-0.3, -0.25) is 24.0 Å². The zero-order valence-corrected chi connectivity index (χ0v) is 16.3. The molecule has 1 heterocycles. The third-order valence-corrected chi connectivity index (χ3v) is 4.58. The maximum atomic E-state index is 12.6. The molecule has 0 aromatic carbocycles. The molecule has 10 heteroatoms. The van der Waals surface area contributed by atoms with Gasteiger partial charge in [0.2, 0.25) is 11.8 Å². The second kappa shape index (κ2) is 11.4. The van der Waals surface area contributed by atoms with Crippen LogP contribution < -0.4 is 21.7 Å². The molecule has 0 bridgehead atoms. The number of carbonyl (C=O) groups is 5. The molecule has 1 saturated heterocycles. The summed E-state index contributed by atoms with van der Waals surface area (Å²) in [7, 11) is 0. The Morgan fingerprint density at radius 1 is 1.18 bits per heavy atom. The molecular weight excluding hydrogens is 368 g/mol. The lowest BCUT2D eigenvalue weighted by Gasteiger charge is -2.25. The molecule has 1 aliphatic rings. The fraction of sp³-hybridized carbons (Fsp3) is 0.722. The zero-order valence-electron chi connectivity index (χ0n) is 16.3. The van der Waals surface area contributed by atoms with Gasteiger partial charge in [0.15, 0.2) is 5.78 Å². The van der Waals surface area contributed by atoms with Crippen LogP contribution in [-0.4, -0.2) is 59.8 Å². The van der Waals surface area contributed by atoms with Gasteiger partial charge < -0.3 is 26.8 Å². The van der Waals surface area contributed by atoms with Crippen LogP contribution in [0.5, 0.6) is 0 Å². The third kappa shape index (κ3) is 7.63. The first-order chi connectivity index (χ1) is 13.1. The first kappa shape index (κ1) is 23.5. The minimum Gasteiger partial charge on any atom is -0.389 e. The van der Waals surface area contributed by atoms with Crippen molar-refractivity contribution < 1.29 is 29.1 Å². The van der Waals surface area contributed by atoms with E-state index in [-0.39, 0.29) is 24.7 Å². The maximum absolute atomic E-state index is 12.6. The highest BCUT2D eigenvalue weighted by molar-refractivity contribution is 6.34. The van der Waals surface area contributed by atoms with Crippen LogP contribution in [0, 0.1) is 11.8 Å². The minimum atomic E-state index is -1.22. The Bertz CT molecular complexity index is 607. The molecule has 158 valence electrons. The Kier molecular flexibility index (Phi) is 9.57. The molecule has 0 aromatic rings. The molecule has 28 heavy (non-hydrogen) atoms.